The Labute approximate surface area is 206 Å². The Hall–Kier alpha value is -3.75. The number of aromatic nitrogens is 5. The van der Waals surface area contributed by atoms with Crippen LogP contribution in [0.25, 0.3) is 21.9 Å². The number of benzene rings is 1. The second-order valence-electron chi connectivity index (χ2n) is 7.88. The summed E-state index contributed by atoms with van der Waals surface area (Å²) in [6.45, 7) is 11.1. The zero-order valence-corrected chi connectivity index (χ0v) is 20.3. The number of carbonyl (C=O) groups is 2. The Kier molecular flexibility index (Phi) is 10.4. The van der Waals surface area contributed by atoms with E-state index in [2.05, 4.69) is 25.8 Å². The molecule has 0 aliphatic carbocycles. The van der Waals surface area contributed by atoms with Crippen LogP contribution >= 0.6 is 0 Å². The van der Waals surface area contributed by atoms with Gasteiger partial charge in [0, 0.05) is 49.5 Å². The molecule has 0 saturated heterocycles. The molecule has 0 spiro atoms. The van der Waals surface area contributed by atoms with Gasteiger partial charge in [-0.05, 0) is 44.9 Å². The van der Waals surface area contributed by atoms with Crippen molar-refractivity contribution < 1.29 is 9.59 Å². The number of pyridine rings is 1. The van der Waals surface area contributed by atoms with Crippen LogP contribution in [0.15, 0.2) is 42.9 Å². The van der Waals surface area contributed by atoms with Gasteiger partial charge in [0.1, 0.15) is 11.0 Å². The SMILES string of the molecule is C.CCCNC(=O)c1ccc2cn(CC)nc2c1.CCCNC(=O)c1cnc2cn(CC)nc2c1. The molecule has 2 amide bonds. The van der Waals surface area contributed by atoms with Crippen molar-refractivity contribution in [2.45, 2.75) is 61.1 Å². The summed E-state index contributed by atoms with van der Waals surface area (Å²) in [5.74, 6) is -0.118. The molecular weight excluding hydrogens is 442 g/mol. The van der Waals surface area contributed by atoms with E-state index in [4.69, 9.17) is 0 Å². The molecule has 35 heavy (non-hydrogen) atoms. The van der Waals surface area contributed by atoms with Crippen molar-refractivity contribution in [1.29, 1.82) is 0 Å². The van der Waals surface area contributed by atoms with Gasteiger partial charge in [0.2, 0.25) is 0 Å². The summed E-state index contributed by atoms with van der Waals surface area (Å²) in [4.78, 5) is 27.8. The molecule has 0 radical (unpaired) electrons. The average molecular weight is 480 g/mol. The molecule has 3 heterocycles. The molecule has 0 unspecified atom stereocenters. The van der Waals surface area contributed by atoms with E-state index in [1.54, 1.807) is 12.3 Å². The minimum atomic E-state index is -0.0905. The van der Waals surface area contributed by atoms with E-state index >= 15 is 0 Å². The molecule has 4 aromatic rings. The highest BCUT2D eigenvalue weighted by molar-refractivity contribution is 5.98. The fourth-order valence-corrected chi connectivity index (χ4v) is 3.29. The predicted molar refractivity (Wildman–Crippen MR) is 141 cm³/mol. The summed E-state index contributed by atoms with van der Waals surface area (Å²) in [7, 11) is 0. The summed E-state index contributed by atoms with van der Waals surface area (Å²) >= 11 is 0. The molecule has 9 nitrogen and oxygen atoms in total. The lowest BCUT2D eigenvalue weighted by Gasteiger charge is -2.02. The number of amides is 2. The van der Waals surface area contributed by atoms with Crippen LogP contribution in [-0.2, 0) is 13.1 Å². The normalized spacial score (nSPS) is 10.4. The molecule has 0 saturated carbocycles. The molecule has 188 valence electrons. The number of rotatable bonds is 8. The first-order valence-electron chi connectivity index (χ1n) is 11.9. The summed E-state index contributed by atoms with van der Waals surface area (Å²) in [6.07, 6.45) is 7.32. The van der Waals surface area contributed by atoms with E-state index in [1.807, 2.05) is 67.7 Å². The van der Waals surface area contributed by atoms with Crippen LogP contribution in [0.4, 0.5) is 0 Å². The van der Waals surface area contributed by atoms with E-state index in [9.17, 15) is 9.59 Å². The van der Waals surface area contributed by atoms with Crippen molar-refractivity contribution in [2.24, 2.45) is 0 Å². The van der Waals surface area contributed by atoms with Gasteiger partial charge >= 0.3 is 0 Å². The van der Waals surface area contributed by atoms with Gasteiger partial charge in [-0.15, -0.1) is 0 Å². The molecule has 0 bridgehead atoms. The van der Waals surface area contributed by atoms with Gasteiger partial charge in [0.05, 0.1) is 17.3 Å². The summed E-state index contributed by atoms with van der Waals surface area (Å²) in [5, 5.41) is 15.5. The molecule has 0 atom stereocenters. The van der Waals surface area contributed by atoms with Crippen LogP contribution < -0.4 is 10.6 Å². The van der Waals surface area contributed by atoms with Crippen molar-refractivity contribution in [3.8, 4) is 0 Å². The first-order chi connectivity index (χ1) is 16.5. The van der Waals surface area contributed by atoms with E-state index < -0.39 is 0 Å². The molecule has 9 heteroatoms. The lowest BCUT2D eigenvalue weighted by atomic mass is 10.1. The maximum Gasteiger partial charge on any atom is 0.252 e. The van der Waals surface area contributed by atoms with Crippen LogP contribution in [0.2, 0.25) is 0 Å². The van der Waals surface area contributed by atoms with Crippen molar-refractivity contribution in [2.75, 3.05) is 13.1 Å². The monoisotopic (exact) mass is 479 g/mol. The van der Waals surface area contributed by atoms with Crippen molar-refractivity contribution >= 4 is 33.8 Å². The summed E-state index contributed by atoms with van der Waals surface area (Å²) in [6, 6.07) is 7.40. The third-order valence-electron chi connectivity index (χ3n) is 5.20. The van der Waals surface area contributed by atoms with Crippen molar-refractivity contribution in [3.63, 3.8) is 0 Å². The van der Waals surface area contributed by atoms with Gasteiger partial charge in [0.25, 0.3) is 11.8 Å². The van der Waals surface area contributed by atoms with Gasteiger partial charge in [-0.3, -0.25) is 23.9 Å². The zero-order valence-electron chi connectivity index (χ0n) is 20.3. The number of hydrogen-bond acceptors (Lipinski definition) is 5. The molecule has 2 N–H and O–H groups in total. The molecule has 0 aliphatic heterocycles. The molecular formula is C26H37N7O2. The van der Waals surface area contributed by atoms with Gasteiger partial charge in [0.15, 0.2) is 0 Å². The number of hydrogen-bond donors (Lipinski definition) is 2. The van der Waals surface area contributed by atoms with Gasteiger partial charge in [-0.25, -0.2) is 0 Å². The summed E-state index contributed by atoms with van der Waals surface area (Å²) in [5.41, 5.74) is 3.69. The zero-order chi connectivity index (χ0) is 24.5. The topological polar surface area (TPSA) is 107 Å². The predicted octanol–water partition coefficient (Wildman–Crippen LogP) is 4.42. The lowest BCUT2D eigenvalue weighted by molar-refractivity contribution is 0.0945. The smallest absolute Gasteiger partial charge is 0.252 e. The Morgan fingerprint density at radius 2 is 1.34 bits per heavy atom. The Morgan fingerprint density at radius 3 is 1.97 bits per heavy atom. The molecule has 0 fully saturated rings. The maximum absolute atomic E-state index is 11.8. The first-order valence-corrected chi connectivity index (χ1v) is 11.9. The van der Waals surface area contributed by atoms with Crippen LogP contribution in [0.3, 0.4) is 0 Å². The van der Waals surface area contributed by atoms with Gasteiger partial charge < -0.3 is 10.6 Å². The second kappa shape index (κ2) is 13.2. The van der Waals surface area contributed by atoms with E-state index in [1.165, 1.54) is 0 Å². The van der Waals surface area contributed by atoms with Crippen LogP contribution in [0, 0.1) is 0 Å². The highest BCUT2D eigenvalue weighted by atomic mass is 16.2. The standard InChI is InChI=1S/C13H17N3O.C12H16N4O.CH4/c1-3-7-14-13(17)10-5-6-11-9-16(4-2)15-12(11)8-10;1-3-5-13-12(17)9-6-10-11(14-7-9)8-16(4-2)15-10;/h5-6,8-9H,3-4,7H2,1-2H3,(H,14,17);6-8H,3-5H2,1-2H3,(H,13,17);1H4. The van der Waals surface area contributed by atoms with E-state index in [-0.39, 0.29) is 19.2 Å². The Morgan fingerprint density at radius 1 is 0.771 bits per heavy atom. The summed E-state index contributed by atoms with van der Waals surface area (Å²) < 4.78 is 3.68. The fraction of sp³-hybridized carbons (Fsp3) is 0.423. The maximum atomic E-state index is 11.8. The quantitative estimate of drug-likeness (QED) is 0.389. The minimum absolute atomic E-state index is 0. The van der Waals surface area contributed by atoms with Crippen LogP contribution in [0.5, 0.6) is 0 Å². The molecule has 4 rings (SSSR count). The van der Waals surface area contributed by atoms with Crippen molar-refractivity contribution in [3.05, 3.63) is 54.0 Å². The number of aryl methyl sites for hydroxylation is 2. The largest absolute Gasteiger partial charge is 0.352 e. The third-order valence-corrected chi connectivity index (χ3v) is 5.20. The van der Waals surface area contributed by atoms with E-state index in [0.29, 0.717) is 24.2 Å². The molecule has 0 aliphatic rings. The second-order valence-corrected chi connectivity index (χ2v) is 7.88. The number of nitrogens with one attached hydrogen (secondary N) is 2. The number of nitrogens with zero attached hydrogens (tertiary/aromatic N) is 5. The Balaban J connectivity index is 0.000000240. The van der Waals surface area contributed by atoms with Crippen LogP contribution in [0.1, 0.15) is 68.7 Å². The van der Waals surface area contributed by atoms with Crippen molar-refractivity contribution in [1.82, 2.24) is 35.2 Å². The highest BCUT2D eigenvalue weighted by Crippen LogP contribution is 2.14. The van der Waals surface area contributed by atoms with Gasteiger partial charge in [-0.1, -0.05) is 27.3 Å². The lowest BCUT2D eigenvalue weighted by Crippen LogP contribution is -2.24. The number of fused-ring (bicyclic) bond motifs is 2. The molecule has 1 aromatic carbocycles. The highest BCUT2D eigenvalue weighted by Gasteiger charge is 2.09. The molecule has 3 aromatic heterocycles. The van der Waals surface area contributed by atoms with Gasteiger partial charge in [-0.2, -0.15) is 10.2 Å². The average Bonchev–Trinajstić information content (AvgIpc) is 3.48. The first kappa shape index (κ1) is 27.5. The van der Waals surface area contributed by atoms with Crippen LogP contribution in [-0.4, -0.2) is 49.4 Å². The number of carbonyl (C=O) groups excluding carboxylic acids is 2. The Bertz CT molecular complexity index is 1160. The third kappa shape index (κ3) is 7.11. The van der Waals surface area contributed by atoms with E-state index in [0.717, 1.165) is 47.9 Å². The fourth-order valence-electron chi connectivity index (χ4n) is 3.29. The minimum Gasteiger partial charge on any atom is -0.352 e.